The molecule has 0 aliphatic heterocycles. The fourth-order valence-electron chi connectivity index (χ4n) is 4.47. The van der Waals surface area contributed by atoms with E-state index in [0.29, 0.717) is 41.0 Å². The van der Waals surface area contributed by atoms with Crippen LogP contribution in [0.15, 0.2) is 97.3 Å². The summed E-state index contributed by atoms with van der Waals surface area (Å²) in [7, 11) is 1.58. The molecule has 2 N–H and O–H groups in total. The van der Waals surface area contributed by atoms with Crippen LogP contribution in [0.3, 0.4) is 0 Å². The molecule has 4 rings (SSSR count). The minimum atomic E-state index is -0.980. The molecule has 4 aromatic rings. The van der Waals surface area contributed by atoms with E-state index in [4.69, 9.17) is 4.74 Å². The number of aromatic nitrogens is 1. The number of para-hydroxylation sites is 1. The SMILES string of the molecule is COc1ccccc1CNC(=O)c1ccccc1-c1ccccc1C(=O)N(CCC(=O)O)CCc1ccncc1. The number of rotatable bonds is 12. The molecule has 8 nitrogen and oxygen atoms in total. The summed E-state index contributed by atoms with van der Waals surface area (Å²) in [5, 5.41) is 12.3. The number of nitrogens with zero attached hydrogens (tertiary/aromatic N) is 2. The third kappa shape index (κ3) is 7.11. The third-order valence-corrected chi connectivity index (χ3v) is 6.55. The van der Waals surface area contributed by atoms with Gasteiger partial charge in [-0.1, -0.05) is 54.6 Å². The van der Waals surface area contributed by atoms with Gasteiger partial charge in [0.1, 0.15) is 5.75 Å². The second kappa shape index (κ2) is 13.7. The fraction of sp³-hybridized carbons (Fsp3) is 0.188. The number of carboxylic acids is 1. The highest BCUT2D eigenvalue weighted by Gasteiger charge is 2.22. The summed E-state index contributed by atoms with van der Waals surface area (Å²) in [6.07, 6.45) is 3.75. The summed E-state index contributed by atoms with van der Waals surface area (Å²) >= 11 is 0. The van der Waals surface area contributed by atoms with E-state index in [1.165, 1.54) is 0 Å². The molecule has 2 amide bonds. The van der Waals surface area contributed by atoms with E-state index >= 15 is 0 Å². The number of carboxylic acid groups (broad SMARTS) is 1. The van der Waals surface area contributed by atoms with Crippen molar-refractivity contribution < 1.29 is 24.2 Å². The van der Waals surface area contributed by atoms with Crippen LogP contribution >= 0.6 is 0 Å². The number of methoxy groups -OCH3 is 1. The summed E-state index contributed by atoms with van der Waals surface area (Å²) in [6.45, 7) is 0.676. The second-order valence-electron chi connectivity index (χ2n) is 9.13. The van der Waals surface area contributed by atoms with Crippen molar-refractivity contribution in [1.82, 2.24) is 15.2 Å². The molecular formula is C32H31N3O5. The smallest absolute Gasteiger partial charge is 0.305 e. The molecule has 204 valence electrons. The highest BCUT2D eigenvalue weighted by atomic mass is 16.5. The Labute approximate surface area is 233 Å². The fourth-order valence-corrected chi connectivity index (χ4v) is 4.47. The van der Waals surface area contributed by atoms with E-state index in [1.54, 1.807) is 54.7 Å². The molecule has 0 atom stereocenters. The van der Waals surface area contributed by atoms with Gasteiger partial charge in [-0.15, -0.1) is 0 Å². The van der Waals surface area contributed by atoms with Crippen molar-refractivity contribution in [1.29, 1.82) is 0 Å². The van der Waals surface area contributed by atoms with E-state index in [-0.39, 0.29) is 31.3 Å². The highest BCUT2D eigenvalue weighted by Crippen LogP contribution is 2.29. The van der Waals surface area contributed by atoms with Crippen LogP contribution in [0.1, 0.15) is 38.3 Å². The van der Waals surface area contributed by atoms with Crippen LogP contribution in [0, 0.1) is 0 Å². The molecule has 0 bridgehead atoms. The number of nitrogens with one attached hydrogen (secondary N) is 1. The molecule has 1 heterocycles. The lowest BCUT2D eigenvalue weighted by atomic mass is 9.94. The zero-order valence-corrected chi connectivity index (χ0v) is 22.2. The molecule has 0 saturated carbocycles. The number of benzene rings is 3. The maximum Gasteiger partial charge on any atom is 0.305 e. The first-order valence-electron chi connectivity index (χ1n) is 13.0. The van der Waals surface area contributed by atoms with Crippen molar-refractivity contribution in [3.05, 3.63) is 120 Å². The summed E-state index contributed by atoms with van der Waals surface area (Å²) in [5.41, 5.74) is 3.86. The van der Waals surface area contributed by atoms with Crippen molar-refractivity contribution in [2.24, 2.45) is 0 Å². The first-order chi connectivity index (χ1) is 19.5. The maximum atomic E-state index is 13.8. The van der Waals surface area contributed by atoms with E-state index < -0.39 is 5.97 Å². The first kappa shape index (κ1) is 28.0. The number of hydrogen-bond donors (Lipinski definition) is 2. The minimum absolute atomic E-state index is 0.0641. The van der Waals surface area contributed by atoms with Crippen molar-refractivity contribution >= 4 is 17.8 Å². The van der Waals surface area contributed by atoms with Crippen LogP contribution < -0.4 is 10.1 Å². The van der Waals surface area contributed by atoms with Gasteiger partial charge in [-0.05, 0) is 53.4 Å². The number of carbonyl (C=O) groups is 3. The highest BCUT2D eigenvalue weighted by molar-refractivity contribution is 6.06. The van der Waals surface area contributed by atoms with Crippen LogP contribution in [-0.4, -0.2) is 53.0 Å². The van der Waals surface area contributed by atoms with E-state index in [0.717, 1.165) is 11.1 Å². The van der Waals surface area contributed by atoms with E-state index in [9.17, 15) is 19.5 Å². The van der Waals surface area contributed by atoms with Gasteiger partial charge in [0.2, 0.25) is 0 Å². The molecule has 1 aromatic heterocycles. The lowest BCUT2D eigenvalue weighted by Gasteiger charge is -2.24. The Morgan fingerprint density at radius 1 is 0.825 bits per heavy atom. The van der Waals surface area contributed by atoms with Gasteiger partial charge in [0.25, 0.3) is 11.8 Å². The molecule has 8 heteroatoms. The minimum Gasteiger partial charge on any atom is -0.496 e. The van der Waals surface area contributed by atoms with Gasteiger partial charge in [0.15, 0.2) is 0 Å². The Morgan fingerprint density at radius 2 is 1.45 bits per heavy atom. The first-order valence-corrected chi connectivity index (χ1v) is 13.0. The predicted molar refractivity (Wildman–Crippen MR) is 152 cm³/mol. The quantitative estimate of drug-likeness (QED) is 0.268. The van der Waals surface area contributed by atoms with Crippen molar-refractivity contribution in [2.75, 3.05) is 20.2 Å². The number of hydrogen-bond acceptors (Lipinski definition) is 5. The average molecular weight is 538 g/mol. The van der Waals surface area contributed by atoms with Gasteiger partial charge in [0, 0.05) is 48.7 Å². The molecule has 0 spiro atoms. The standard InChI is InChI=1S/C32H31N3O5/c1-40-29-13-7-2-8-24(29)22-34-31(38)27-11-5-3-9-25(27)26-10-4-6-12-28(26)32(39)35(21-17-30(36)37)20-16-23-14-18-33-19-15-23/h2-15,18-19H,16-17,20-22H2,1H3,(H,34,38)(H,36,37). The summed E-state index contributed by atoms with van der Waals surface area (Å²) in [5.74, 6) is -0.883. The van der Waals surface area contributed by atoms with Crippen LogP contribution in [0.5, 0.6) is 5.75 Å². The summed E-state index contributed by atoms with van der Waals surface area (Å²) in [4.78, 5) is 44.1. The van der Waals surface area contributed by atoms with Gasteiger partial charge in [-0.25, -0.2) is 0 Å². The average Bonchev–Trinajstić information content (AvgIpc) is 3.00. The zero-order valence-electron chi connectivity index (χ0n) is 22.2. The number of ether oxygens (including phenoxy) is 1. The van der Waals surface area contributed by atoms with Crippen LogP contribution in [0.25, 0.3) is 11.1 Å². The third-order valence-electron chi connectivity index (χ3n) is 6.55. The Balaban J connectivity index is 1.61. The molecule has 0 saturated heterocycles. The summed E-state index contributed by atoms with van der Waals surface area (Å²) in [6, 6.07) is 25.4. The van der Waals surface area contributed by atoms with Crippen LogP contribution in [0.4, 0.5) is 0 Å². The molecule has 0 fully saturated rings. The topological polar surface area (TPSA) is 109 Å². The number of amides is 2. The maximum absolute atomic E-state index is 13.8. The molecule has 40 heavy (non-hydrogen) atoms. The van der Waals surface area contributed by atoms with E-state index in [2.05, 4.69) is 10.3 Å². The second-order valence-corrected chi connectivity index (χ2v) is 9.13. The Bertz CT molecular complexity index is 1470. The van der Waals surface area contributed by atoms with Gasteiger partial charge >= 0.3 is 5.97 Å². The Hall–Kier alpha value is -4.98. The van der Waals surface area contributed by atoms with Gasteiger partial charge in [-0.3, -0.25) is 19.4 Å². The molecule has 0 aliphatic rings. The van der Waals surface area contributed by atoms with Crippen LogP contribution in [0.2, 0.25) is 0 Å². The summed E-state index contributed by atoms with van der Waals surface area (Å²) < 4.78 is 5.39. The van der Waals surface area contributed by atoms with Gasteiger partial charge in [0.05, 0.1) is 13.5 Å². The largest absolute Gasteiger partial charge is 0.496 e. The molecular weight excluding hydrogens is 506 g/mol. The number of aliphatic carboxylic acids is 1. The lowest BCUT2D eigenvalue weighted by molar-refractivity contribution is -0.137. The molecule has 3 aromatic carbocycles. The van der Waals surface area contributed by atoms with Crippen molar-refractivity contribution in [2.45, 2.75) is 19.4 Å². The zero-order chi connectivity index (χ0) is 28.3. The van der Waals surface area contributed by atoms with E-state index in [1.807, 2.05) is 54.6 Å². The van der Waals surface area contributed by atoms with Crippen molar-refractivity contribution in [3.63, 3.8) is 0 Å². The van der Waals surface area contributed by atoms with Gasteiger partial charge in [-0.2, -0.15) is 0 Å². The van der Waals surface area contributed by atoms with Crippen LogP contribution in [-0.2, 0) is 17.8 Å². The number of pyridine rings is 1. The lowest BCUT2D eigenvalue weighted by Crippen LogP contribution is -2.35. The van der Waals surface area contributed by atoms with Gasteiger partial charge < -0.3 is 20.1 Å². The monoisotopic (exact) mass is 537 g/mol. The molecule has 0 aliphatic carbocycles. The Kier molecular flexibility index (Phi) is 9.61. The molecule has 0 radical (unpaired) electrons. The molecule has 0 unspecified atom stereocenters. The predicted octanol–water partition coefficient (Wildman–Crippen LogP) is 4.85. The Morgan fingerprint density at radius 3 is 2.15 bits per heavy atom. The van der Waals surface area contributed by atoms with Crippen molar-refractivity contribution in [3.8, 4) is 16.9 Å². The normalized spacial score (nSPS) is 10.5. The number of carbonyl (C=O) groups excluding carboxylic acids is 2.